The standard InChI is InChI=1S/C23H22ClN3O4S/c1-13(2)21(28)26-17-8-7-16(12-20(17)30-3)25-23(32)27-22(29)19-10-9-18(31-19)14-5-4-6-15(24)11-14/h4-13H,1-3H3,(H,26,28)(H2,25,27,29,32). The molecule has 2 aromatic carbocycles. The Labute approximate surface area is 196 Å². The van der Waals surface area contributed by atoms with Crippen molar-refractivity contribution in [2.75, 3.05) is 17.7 Å². The molecule has 0 radical (unpaired) electrons. The number of nitrogens with one attached hydrogen (secondary N) is 3. The number of anilines is 2. The first kappa shape index (κ1) is 23.3. The molecule has 0 saturated heterocycles. The fourth-order valence-corrected chi connectivity index (χ4v) is 3.13. The lowest BCUT2D eigenvalue weighted by molar-refractivity contribution is -0.118. The van der Waals surface area contributed by atoms with Crippen molar-refractivity contribution in [2.24, 2.45) is 5.92 Å². The number of hydrogen-bond acceptors (Lipinski definition) is 5. The first-order chi connectivity index (χ1) is 15.3. The van der Waals surface area contributed by atoms with E-state index in [0.717, 1.165) is 5.56 Å². The highest BCUT2D eigenvalue weighted by Gasteiger charge is 2.15. The molecule has 0 aliphatic rings. The number of furan rings is 1. The van der Waals surface area contributed by atoms with Crippen LogP contribution >= 0.6 is 23.8 Å². The smallest absolute Gasteiger partial charge is 0.293 e. The Balaban J connectivity index is 1.64. The minimum atomic E-state index is -0.497. The fourth-order valence-electron chi connectivity index (χ4n) is 2.73. The van der Waals surface area contributed by atoms with Crippen molar-refractivity contribution < 1.29 is 18.7 Å². The maximum atomic E-state index is 12.5. The SMILES string of the molecule is COc1cc(NC(=S)NC(=O)c2ccc(-c3cccc(Cl)c3)o2)ccc1NC(=O)C(C)C. The molecule has 0 aliphatic heterocycles. The molecule has 7 nitrogen and oxygen atoms in total. The van der Waals surface area contributed by atoms with Gasteiger partial charge in [0.1, 0.15) is 11.5 Å². The Bertz CT molecular complexity index is 1160. The van der Waals surface area contributed by atoms with Crippen LogP contribution in [0.25, 0.3) is 11.3 Å². The molecular formula is C23H22ClN3O4S. The Morgan fingerprint density at radius 3 is 2.53 bits per heavy atom. The third-order valence-corrected chi connectivity index (χ3v) is 4.85. The maximum absolute atomic E-state index is 12.5. The van der Waals surface area contributed by atoms with E-state index < -0.39 is 5.91 Å². The molecule has 166 valence electrons. The van der Waals surface area contributed by atoms with Gasteiger partial charge in [-0.2, -0.15) is 0 Å². The minimum absolute atomic E-state index is 0.0803. The van der Waals surface area contributed by atoms with Crippen LogP contribution in [0.4, 0.5) is 11.4 Å². The molecule has 0 atom stereocenters. The van der Waals surface area contributed by atoms with E-state index in [9.17, 15) is 9.59 Å². The van der Waals surface area contributed by atoms with Crippen LogP contribution in [0, 0.1) is 5.92 Å². The lowest BCUT2D eigenvalue weighted by Crippen LogP contribution is -2.33. The molecule has 0 unspecified atom stereocenters. The van der Waals surface area contributed by atoms with Gasteiger partial charge in [-0.3, -0.25) is 14.9 Å². The number of ether oxygens (including phenoxy) is 1. The molecule has 2 amide bonds. The fraction of sp³-hybridized carbons (Fsp3) is 0.174. The second-order valence-corrected chi connectivity index (χ2v) is 7.99. The molecule has 0 fully saturated rings. The van der Waals surface area contributed by atoms with Gasteiger partial charge >= 0.3 is 0 Å². The molecular weight excluding hydrogens is 450 g/mol. The molecule has 3 aromatic rings. The van der Waals surface area contributed by atoms with Gasteiger partial charge in [0.15, 0.2) is 10.9 Å². The summed E-state index contributed by atoms with van der Waals surface area (Å²) in [6, 6.07) is 15.4. The van der Waals surface area contributed by atoms with Gasteiger partial charge in [-0.05, 0) is 48.6 Å². The maximum Gasteiger partial charge on any atom is 0.293 e. The van der Waals surface area contributed by atoms with Gasteiger partial charge in [0.2, 0.25) is 5.91 Å². The molecule has 1 heterocycles. The summed E-state index contributed by atoms with van der Waals surface area (Å²) in [5, 5.41) is 8.93. The predicted octanol–water partition coefficient (Wildman–Crippen LogP) is 5.33. The monoisotopic (exact) mass is 471 g/mol. The van der Waals surface area contributed by atoms with E-state index in [2.05, 4.69) is 16.0 Å². The summed E-state index contributed by atoms with van der Waals surface area (Å²) >= 11 is 11.2. The van der Waals surface area contributed by atoms with Gasteiger partial charge in [0.25, 0.3) is 5.91 Å². The van der Waals surface area contributed by atoms with Crippen LogP contribution in [0.15, 0.2) is 59.0 Å². The Morgan fingerprint density at radius 1 is 1.06 bits per heavy atom. The largest absolute Gasteiger partial charge is 0.494 e. The number of hydrogen-bond donors (Lipinski definition) is 3. The molecule has 9 heteroatoms. The van der Waals surface area contributed by atoms with Crippen LogP contribution in [-0.4, -0.2) is 24.0 Å². The molecule has 0 spiro atoms. The van der Waals surface area contributed by atoms with Crippen molar-refractivity contribution in [3.8, 4) is 17.1 Å². The topological polar surface area (TPSA) is 92.6 Å². The van der Waals surface area contributed by atoms with Gasteiger partial charge in [-0.1, -0.05) is 37.6 Å². The number of thiocarbonyl (C=S) groups is 1. The molecule has 1 aromatic heterocycles. The lowest BCUT2D eigenvalue weighted by atomic mass is 10.2. The Kier molecular flexibility index (Phi) is 7.50. The zero-order valence-corrected chi connectivity index (χ0v) is 19.3. The van der Waals surface area contributed by atoms with Gasteiger partial charge in [-0.25, -0.2) is 0 Å². The first-order valence-electron chi connectivity index (χ1n) is 9.74. The second kappa shape index (κ2) is 10.3. The van der Waals surface area contributed by atoms with E-state index >= 15 is 0 Å². The van der Waals surface area contributed by atoms with Crippen molar-refractivity contribution in [3.63, 3.8) is 0 Å². The van der Waals surface area contributed by atoms with Crippen molar-refractivity contribution in [3.05, 3.63) is 65.4 Å². The Morgan fingerprint density at radius 2 is 1.84 bits per heavy atom. The second-order valence-electron chi connectivity index (χ2n) is 7.14. The van der Waals surface area contributed by atoms with E-state index in [0.29, 0.717) is 27.9 Å². The summed E-state index contributed by atoms with van der Waals surface area (Å²) in [4.78, 5) is 24.4. The average molecular weight is 472 g/mol. The van der Waals surface area contributed by atoms with Crippen LogP contribution in [-0.2, 0) is 4.79 Å². The third kappa shape index (κ3) is 5.87. The predicted molar refractivity (Wildman–Crippen MR) is 129 cm³/mol. The molecule has 3 rings (SSSR count). The summed E-state index contributed by atoms with van der Waals surface area (Å²) in [5.41, 5.74) is 1.87. The third-order valence-electron chi connectivity index (χ3n) is 4.41. The van der Waals surface area contributed by atoms with Crippen LogP contribution < -0.4 is 20.7 Å². The highest BCUT2D eigenvalue weighted by molar-refractivity contribution is 7.80. The minimum Gasteiger partial charge on any atom is -0.494 e. The van der Waals surface area contributed by atoms with Crippen molar-refractivity contribution in [2.45, 2.75) is 13.8 Å². The molecule has 0 saturated carbocycles. The summed E-state index contributed by atoms with van der Waals surface area (Å²) in [6.07, 6.45) is 0. The van der Waals surface area contributed by atoms with Gasteiger partial charge in [0.05, 0.1) is 12.8 Å². The number of methoxy groups -OCH3 is 1. The highest BCUT2D eigenvalue weighted by atomic mass is 35.5. The van der Waals surface area contributed by atoms with Crippen LogP contribution in [0.3, 0.4) is 0 Å². The summed E-state index contributed by atoms with van der Waals surface area (Å²) in [6.45, 7) is 3.60. The molecule has 32 heavy (non-hydrogen) atoms. The number of carbonyl (C=O) groups is 2. The number of rotatable bonds is 6. The van der Waals surface area contributed by atoms with Crippen LogP contribution in [0.2, 0.25) is 5.02 Å². The number of benzene rings is 2. The zero-order valence-electron chi connectivity index (χ0n) is 17.7. The van der Waals surface area contributed by atoms with Gasteiger partial charge in [-0.15, -0.1) is 0 Å². The lowest BCUT2D eigenvalue weighted by Gasteiger charge is -2.14. The first-order valence-corrected chi connectivity index (χ1v) is 10.5. The molecule has 3 N–H and O–H groups in total. The normalized spacial score (nSPS) is 10.5. The van der Waals surface area contributed by atoms with E-state index in [4.69, 9.17) is 33.0 Å². The van der Waals surface area contributed by atoms with Crippen molar-refractivity contribution >= 4 is 52.1 Å². The van der Waals surface area contributed by atoms with E-state index in [-0.39, 0.29) is 22.7 Å². The van der Waals surface area contributed by atoms with Crippen LogP contribution in [0.5, 0.6) is 5.75 Å². The van der Waals surface area contributed by atoms with Crippen molar-refractivity contribution in [1.82, 2.24) is 5.32 Å². The molecule has 0 aliphatic carbocycles. The number of amides is 2. The Hall–Kier alpha value is -3.36. The highest BCUT2D eigenvalue weighted by Crippen LogP contribution is 2.28. The molecule has 0 bridgehead atoms. The number of halogens is 1. The van der Waals surface area contributed by atoms with Crippen LogP contribution in [0.1, 0.15) is 24.4 Å². The summed E-state index contributed by atoms with van der Waals surface area (Å²) < 4.78 is 11.0. The van der Waals surface area contributed by atoms with Crippen molar-refractivity contribution in [1.29, 1.82) is 0 Å². The van der Waals surface area contributed by atoms with Gasteiger partial charge in [0, 0.05) is 28.3 Å². The van der Waals surface area contributed by atoms with E-state index in [1.807, 2.05) is 6.07 Å². The van der Waals surface area contributed by atoms with E-state index in [1.54, 1.807) is 62.4 Å². The van der Waals surface area contributed by atoms with Gasteiger partial charge < -0.3 is 19.8 Å². The average Bonchev–Trinajstić information content (AvgIpc) is 3.25. The summed E-state index contributed by atoms with van der Waals surface area (Å²) in [5.74, 6) is 0.288. The van der Waals surface area contributed by atoms with E-state index in [1.165, 1.54) is 7.11 Å². The summed E-state index contributed by atoms with van der Waals surface area (Å²) in [7, 11) is 1.50. The number of carbonyl (C=O) groups excluding carboxylic acids is 2. The quantitative estimate of drug-likeness (QED) is 0.421. The zero-order chi connectivity index (χ0) is 23.3.